The van der Waals surface area contributed by atoms with Crippen LogP contribution >= 0.6 is 0 Å². The van der Waals surface area contributed by atoms with Crippen LogP contribution in [0.1, 0.15) is 0 Å². The molecule has 0 aliphatic rings. The zero-order chi connectivity index (χ0) is 24.3. The molecule has 4 aromatic heterocycles. The summed E-state index contributed by atoms with van der Waals surface area (Å²) in [6, 6.07) is 19.2. The number of methoxy groups -OCH3 is 1. The molecule has 0 aliphatic heterocycles. The molecule has 6 rings (SSSR count). The quantitative estimate of drug-likeness (QED) is 0.332. The fraction of sp³-hybridized carbons (Fsp3) is 0.0370. The molecule has 9 nitrogen and oxygen atoms in total. The number of pyridine rings is 2. The van der Waals surface area contributed by atoms with Gasteiger partial charge in [0.25, 0.3) is 0 Å². The van der Waals surface area contributed by atoms with E-state index in [-0.39, 0.29) is 0 Å². The molecule has 2 aromatic carbocycles. The number of rotatable bonds is 6. The van der Waals surface area contributed by atoms with Crippen LogP contribution in [0.15, 0.2) is 91.8 Å². The minimum Gasteiger partial charge on any atom is -0.495 e. The highest BCUT2D eigenvalue weighted by atomic mass is 16.5. The number of fused-ring (bicyclic) bond motifs is 2. The summed E-state index contributed by atoms with van der Waals surface area (Å²) in [5.74, 6) is 2.57. The van der Waals surface area contributed by atoms with E-state index in [9.17, 15) is 0 Å². The van der Waals surface area contributed by atoms with E-state index in [2.05, 4.69) is 35.5 Å². The molecule has 1 N–H and O–H groups in total. The number of hydrogen-bond acceptors (Lipinski definition) is 9. The van der Waals surface area contributed by atoms with E-state index in [4.69, 9.17) is 9.47 Å². The molecular formula is C27H19N7O2. The maximum absolute atomic E-state index is 6.09. The molecule has 0 bridgehead atoms. The van der Waals surface area contributed by atoms with Crippen molar-refractivity contribution in [2.45, 2.75) is 0 Å². The average Bonchev–Trinajstić information content (AvgIpc) is 2.94. The van der Waals surface area contributed by atoms with Crippen molar-refractivity contribution in [3.63, 3.8) is 0 Å². The molecule has 36 heavy (non-hydrogen) atoms. The van der Waals surface area contributed by atoms with Gasteiger partial charge in [0.15, 0.2) is 11.6 Å². The normalized spacial score (nSPS) is 10.9. The summed E-state index contributed by atoms with van der Waals surface area (Å²) in [6.45, 7) is 0. The van der Waals surface area contributed by atoms with Crippen molar-refractivity contribution in [1.82, 2.24) is 30.1 Å². The van der Waals surface area contributed by atoms with E-state index in [1.807, 2.05) is 54.6 Å². The first kappa shape index (κ1) is 21.4. The standard InChI is InChI=1S/C27H19N7O2/c1-35-20-12-23-26(31-15-20)24(10-11-30-23)36-19-8-6-18(7-9-19)32-27-22-5-3-2-4-21(22)25(33-34-27)17-13-28-16-29-14-17/h2-16H,1H3,(H,32,34). The van der Waals surface area contributed by atoms with Gasteiger partial charge in [-0.3, -0.25) is 4.98 Å². The molecule has 4 heterocycles. The summed E-state index contributed by atoms with van der Waals surface area (Å²) in [5.41, 5.74) is 3.74. The van der Waals surface area contributed by atoms with Crippen LogP contribution in [0.5, 0.6) is 17.2 Å². The molecule has 6 aromatic rings. The second kappa shape index (κ2) is 9.22. The first-order valence-electron chi connectivity index (χ1n) is 11.1. The van der Waals surface area contributed by atoms with Crippen molar-refractivity contribution in [2.75, 3.05) is 12.4 Å². The Hall–Kier alpha value is -5.18. The minimum absolute atomic E-state index is 0.612. The number of nitrogens with one attached hydrogen (secondary N) is 1. The average molecular weight is 473 g/mol. The second-order valence-corrected chi connectivity index (χ2v) is 7.87. The Kier molecular flexibility index (Phi) is 5.47. The van der Waals surface area contributed by atoms with Gasteiger partial charge >= 0.3 is 0 Å². The minimum atomic E-state index is 0.612. The Morgan fingerprint density at radius 1 is 0.778 bits per heavy atom. The topological polar surface area (TPSA) is 108 Å². The SMILES string of the molecule is COc1cnc2c(Oc3ccc(Nc4nnc(-c5cncnc5)c5ccccc45)cc3)ccnc2c1. The van der Waals surface area contributed by atoms with Crippen molar-refractivity contribution in [2.24, 2.45) is 0 Å². The molecule has 0 atom stereocenters. The molecule has 0 fully saturated rings. The van der Waals surface area contributed by atoms with E-state index in [0.29, 0.717) is 34.1 Å². The van der Waals surface area contributed by atoms with Crippen LogP contribution in [0.4, 0.5) is 11.5 Å². The van der Waals surface area contributed by atoms with Gasteiger partial charge in [0, 0.05) is 52.7 Å². The third kappa shape index (κ3) is 4.09. The lowest BCUT2D eigenvalue weighted by Gasteiger charge is -2.12. The smallest absolute Gasteiger partial charge is 0.161 e. The maximum Gasteiger partial charge on any atom is 0.161 e. The van der Waals surface area contributed by atoms with Gasteiger partial charge in [-0.1, -0.05) is 24.3 Å². The Bertz CT molecular complexity index is 1680. The third-order valence-corrected chi connectivity index (χ3v) is 5.62. The van der Waals surface area contributed by atoms with Crippen LogP contribution < -0.4 is 14.8 Å². The van der Waals surface area contributed by atoms with Crippen molar-refractivity contribution in [3.05, 3.63) is 91.8 Å². The van der Waals surface area contributed by atoms with Gasteiger partial charge in [-0.25, -0.2) is 15.0 Å². The highest BCUT2D eigenvalue weighted by Gasteiger charge is 2.12. The van der Waals surface area contributed by atoms with Gasteiger partial charge in [0.1, 0.15) is 29.0 Å². The highest BCUT2D eigenvalue weighted by Crippen LogP contribution is 2.32. The van der Waals surface area contributed by atoms with Gasteiger partial charge in [-0.2, -0.15) is 0 Å². The lowest BCUT2D eigenvalue weighted by molar-refractivity contribution is 0.413. The van der Waals surface area contributed by atoms with E-state index in [0.717, 1.165) is 27.7 Å². The Morgan fingerprint density at radius 2 is 1.58 bits per heavy atom. The molecule has 0 saturated carbocycles. The summed E-state index contributed by atoms with van der Waals surface area (Å²) in [6.07, 6.45) is 8.28. The van der Waals surface area contributed by atoms with Crippen LogP contribution in [0.25, 0.3) is 33.1 Å². The molecule has 0 amide bonds. The molecule has 0 spiro atoms. The monoisotopic (exact) mass is 473 g/mol. The largest absolute Gasteiger partial charge is 0.495 e. The lowest BCUT2D eigenvalue weighted by atomic mass is 10.1. The highest BCUT2D eigenvalue weighted by molar-refractivity contribution is 6.00. The predicted molar refractivity (Wildman–Crippen MR) is 136 cm³/mol. The zero-order valence-electron chi connectivity index (χ0n) is 19.2. The van der Waals surface area contributed by atoms with Crippen LogP contribution in [0.3, 0.4) is 0 Å². The van der Waals surface area contributed by atoms with E-state index in [1.54, 1.807) is 38.0 Å². The third-order valence-electron chi connectivity index (χ3n) is 5.62. The molecule has 0 saturated heterocycles. The van der Waals surface area contributed by atoms with Gasteiger partial charge < -0.3 is 14.8 Å². The first-order chi connectivity index (χ1) is 17.8. The van der Waals surface area contributed by atoms with Gasteiger partial charge in [-0.15, -0.1) is 10.2 Å². The number of aromatic nitrogens is 6. The first-order valence-corrected chi connectivity index (χ1v) is 11.1. The molecule has 9 heteroatoms. The van der Waals surface area contributed by atoms with Gasteiger partial charge in [0.05, 0.1) is 18.8 Å². The maximum atomic E-state index is 6.09. The lowest BCUT2D eigenvalue weighted by Crippen LogP contribution is -1.99. The van der Waals surface area contributed by atoms with E-state index < -0.39 is 0 Å². The van der Waals surface area contributed by atoms with E-state index >= 15 is 0 Å². The predicted octanol–water partition coefficient (Wildman–Crippen LogP) is 5.57. The molecular weight excluding hydrogens is 454 g/mol. The molecule has 0 unspecified atom stereocenters. The van der Waals surface area contributed by atoms with E-state index in [1.165, 1.54) is 6.33 Å². The number of anilines is 2. The molecule has 0 radical (unpaired) electrons. The summed E-state index contributed by atoms with van der Waals surface area (Å²) >= 11 is 0. The summed E-state index contributed by atoms with van der Waals surface area (Å²) in [4.78, 5) is 17.0. The van der Waals surface area contributed by atoms with Gasteiger partial charge in [0.2, 0.25) is 0 Å². The van der Waals surface area contributed by atoms with Crippen LogP contribution in [-0.4, -0.2) is 37.2 Å². The van der Waals surface area contributed by atoms with Crippen molar-refractivity contribution < 1.29 is 9.47 Å². The summed E-state index contributed by atoms with van der Waals surface area (Å²) < 4.78 is 11.3. The molecule has 0 aliphatic carbocycles. The Morgan fingerprint density at radius 3 is 2.39 bits per heavy atom. The van der Waals surface area contributed by atoms with Crippen molar-refractivity contribution >= 4 is 33.3 Å². The van der Waals surface area contributed by atoms with Crippen molar-refractivity contribution in [3.8, 4) is 28.5 Å². The molecule has 174 valence electrons. The number of hydrogen-bond donors (Lipinski definition) is 1. The fourth-order valence-electron chi connectivity index (χ4n) is 3.88. The summed E-state index contributed by atoms with van der Waals surface area (Å²) in [5, 5.41) is 14.2. The zero-order valence-corrected chi connectivity index (χ0v) is 19.2. The van der Waals surface area contributed by atoms with Crippen molar-refractivity contribution in [1.29, 1.82) is 0 Å². The number of benzene rings is 2. The number of nitrogens with zero attached hydrogens (tertiary/aromatic N) is 6. The second-order valence-electron chi connectivity index (χ2n) is 7.87. The fourth-order valence-corrected chi connectivity index (χ4v) is 3.88. The Balaban J connectivity index is 1.26. The van der Waals surface area contributed by atoms with Gasteiger partial charge in [-0.05, 0) is 24.3 Å². The number of ether oxygens (including phenoxy) is 2. The Labute approximate surface area is 205 Å². The van der Waals surface area contributed by atoms with Crippen LogP contribution in [0, 0.1) is 0 Å². The van der Waals surface area contributed by atoms with Crippen LogP contribution in [-0.2, 0) is 0 Å². The van der Waals surface area contributed by atoms with Crippen LogP contribution in [0.2, 0.25) is 0 Å². The summed E-state index contributed by atoms with van der Waals surface area (Å²) in [7, 11) is 1.60.